The predicted octanol–water partition coefficient (Wildman–Crippen LogP) is 1.55. The van der Waals surface area contributed by atoms with E-state index in [0.29, 0.717) is 30.3 Å². The van der Waals surface area contributed by atoms with Crippen molar-refractivity contribution in [3.8, 4) is 5.75 Å². The zero-order valence-corrected chi connectivity index (χ0v) is 12.9. The first kappa shape index (κ1) is 16.1. The minimum atomic E-state index is -1.01. The molecule has 6 heteroatoms. The number of benzene rings is 1. The van der Waals surface area contributed by atoms with Gasteiger partial charge in [-0.1, -0.05) is 17.7 Å². The Morgan fingerprint density at radius 2 is 2.33 bits per heavy atom. The van der Waals surface area contributed by atoms with Crippen LogP contribution in [0.5, 0.6) is 5.75 Å². The fourth-order valence-corrected chi connectivity index (χ4v) is 3.16. The lowest BCUT2D eigenvalue weighted by Crippen LogP contribution is -2.49. The van der Waals surface area contributed by atoms with Crippen molar-refractivity contribution in [2.24, 2.45) is 5.73 Å². The van der Waals surface area contributed by atoms with Crippen molar-refractivity contribution in [1.29, 1.82) is 0 Å². The molecule has 3 N–H and O–H groups in total. The van der Waals surface area contributed by atoms with E-state index in [1.165, 1.54) is 0 Å². The first-order valence-electron chi connectivity index (χ1n) is 6.97. The van der Waals surface area contributed by atoms with Crippen LogP contribution in [0.1, 0.15) is 24.8 Å². The number of amides is 1. The highest BCUT2D eigenvalue weighted by Crippen LogP contribution is 2.28. The van der Waals surface area contributed by atoms with E-state index < -0.39 is 11.5 Å². The van der Waals surface area contributed by atoms with E-state index in [-0.39, 0.29) is 6.42 Å². The van der Waals surface area contributed by atoms with Crippen LogP contribution in [0.2, 0.25) is 5.02 Å². The zero-order valence-electron chi connectivity index (χ0n) is 12.1. The Kier molecular flexibility index (Phi) is 5.08. The SMILES string of the molecule is COc1ccc(CN2CCCC(O)(CC(N)=O)C2)cc1Cl. The molecule has 0 aliphatic carbocycles. The van der Waals surface area contributed by atoms with Crippen LogP contribution in [0.15, 0.2) is 18.2 Å². The smallest absolute Gasteiger partial charge is 0.220 e. The lowest BCUT2D eigenvalue weighted by atomic mass is 9.89. The van der Waals surface area contributed by atoms with Gasteiger partial charge in [0.1, 0.15) is 5.75 Å². The molecular formula is C15H21ClN2O3. The number of primary amides is 1. The molecule has 1 saturated heterocycles. The molecule has 1 aromatic rings. The molecule has 1 aromatic carbocycles. The van der Waals surface area contributed by atoms with Crippen LogP contribution >= 0.6 is 11.6 Å². The maximum atomic E-state index is 11.1. The van der Waals surface area contributed by atoms with Crippen LogP contribution < -0.4 is 10.5 Å². The maximum Gasteiger partial charge on any atom is 0.220 e. The van der Waals surface area contributed by atoms with Crippen molar-refractivity contribution in [2.75, 3.05) is 20.2 Å². The van der Waals surface area contributed by atoms with Crippen molar-refractivity contribution < 1.29 is 14.6 Å². The topological polar surface area (TPSA) is 75.8 Å². The molecule has 0 spiro atoms. The summed E-state index contributed by atoms with van der Waals surface area (Å²) in [6.45, 7) is 2.00. The molecule has 1 atom stereocenters. The highest BCUT2D eigenvalue weighted by Gasteiger charge is 2.34. The van der Waals surface area contributed by atoms with Crippen molar-refractivity contribution in [3.05, 3.63) is 28.8 Å². The maximum absolute atomic E-state index is 11.1. The number of ether oxygens (including phenoxy) is 1. The van der Waals surface area contributed by atoms with Gasteiger partial charge in [-0.15, -0.1) is 0 Å². The number of piperidine rings is 1. The van der Waals surface area contributed by atoms with Crippen LogP contribution in [-0.2, 0) is 11.3 Å². The standard InChI is InChI=1S/C15H21ClN2O3/c1-21-13-4-3-11(7-12(13)16)9-18-6-2-5-15(20,10-18)8-14(17)19/h3-4,7,20H,2,5-6,8-10H2,1H3,(H2,17,19). The Labute approximate surface area is 129 Å². The van der Waals surface area contributed by atoms with E-state index in [1.54, 1.807) is 7.11 Å². The third-order valence-electron chi connectivity index (χ3n) is 3.76. The summed E-state index contributed by atoms with van der Waals surface area (Å²) >= 11 is 6.12. The van der Waals surface area contributed by atoms with Gasteiger partial charge >= 0.3 is 0 Å². The normalized spacial score (nSPS) is 23.0. The second-order valence-corrected chi connectivity index (χ2v) is 6.06. The number of β-amino-alcohol motifs (C(OH)–C–C–N with tert-alkyl or cyclic N) is 1. The summed E-state index contributed by atoms with van der Waals surface area (Å²) in [6, 6.07) is 5.64. The average molecular weight is 313 g/mol. The molecule has 1 aliphatic heterocycles. The van der Waals surface area contributed by atoms with Crippen LogP contribution in [0.3, 0.4) is 0 Å². The molecule has 1 heterocycles. The highest BCUT2D eigenvalue weighted by atomic mass is 35.5. The first-order chi connectivity index (χ1) is 9.92. The van der Waals surface area contributed by atoms with Crippen LogP contribution in [0.4, 0.5) is 0 Å². The van der Waals surface area contributed by atoms with Crippen molar-refractivity contribution in [3.63, 3.8) is 0 Å². The van der Waals surface area contributed by atoms with Crippen LogP contribution in [0.25, 0.3) is 0 Å². The molecule has 0 aromatic heterocycles. The molecule has 5 nitrogen and oxygen atoms in total. The van der Waals surface area contributed by atoms with Gasteiger partial charge in [-0.25, -0.2) is 0 Å². The van der Waals surface area contributed by atoms with Gasteiger partial charge in [0.15, 0.2) is 0 Å². The number of methoxy groups -OCH3 is 1. The molecule has 0 radical (unpaired) electrons. The highest BCUT2D eigenvalue weighted by molar-refractivity contribution is 6.32. The molecule has 1 aliphatic rings. The van der Waals surface area contributed by atoms with Gasteiger partial charge in [0.05, 0.1) is 24.2 Å². The zero-order chi connectivity index (χ0) is 15.5. The van der Waals surface area contributed by atoms with E-state index in [2.05, 4.69) is 4.90 Å². The van der Waals surface area contributed by atoms with Gasteiger partial charge in [0.2, 0.25) is 5.91 Å². The van der Waals surface area contributed by atoms with Gasteiger partial charge in [-0.05, 0) is 37.1 Å². The molecule has 2 rings (SSSR count). The molecule has 0 saturated carbocycles. The number of nitrogens with two attached hydrogens (primary N) is 1. The van der Waals surface area contributed by atoms with Gasteiger partial charge in [-0.3, -0.25) is 9.69 Å². The summed E-state index contributed by atoms with van der Waals surface area (Å²) in [5, 5.41) is 11.0. The minimum absolute atomic E-state index is 0.00681. The Morgan fingerprint density at radius 1 is 1.57 bits per heavy atom. The number of nitrogens with zero attached hydrogens (tertiary/aromatic N) is 1. The monoisotopic (exact) mass is 312 g/mol. The quantitative estimate of drug-likeness (QED) is 0.865. The van der Waals surface area contributed by atoms with Crippen LogP contribution in [0, 0.1) is 0 Å². The van der Waals surface area contributed by atoms with E-state index in [9.17, 15) is 9.90 Å². The van der Waals surface area contributed by atoms with Crippen molar-refractivity contribution in [2.45, 2.75) is 31.4 Å². The number of likely N-dealkylation sites (tertiary alicyclic amines) is 1. The van der Waals surface area contributed by atoms with Gasteiger partial charge in [0, 0.05) is 13.1 Å². The fourth-order valence-electron chi connectivity index (χ4n) is 2.88. The predicted molar refractivity (Wildman–Crippen MR) is 81.3 cm³/mol. The second kappa shape index (κ2) is 6.64. The third kappa shape index (κ3) is 4.33. The Bertz CT molecular complexity index is 524. The second-order valence-electron chi connectivity index (χ2n) is 5.65. The Hall–Kier alpha value is -1.30. The Morgan fingerprint density at radius 3 is 2.95 bits per heavy atom. The minimum Gasteiger partial charge on any atom is -0.495 e. The number of carbonyl (C=O) groups is 1. The third-order valence-corrected chi connectivity index (χ3v) is 4.06. The van der Waals surface area contributed by atoms with Crippen molar-refractivity contribution in [1.82, 2.24) is 4.90 Å². The van der Waals surface area contributed by atoms with Gasteiger partial charge in [0.25, 0.3) is 0 Å². The van der Waals surface area contributed by atoms with E-state index in [0.717, 1.165) is 18.5 Å². The summed E-state index contributed by atoms with van der Waals surface area (Å²) in [5.74, 6) is 0.177. The molecule has 21 heavy (non-hydrogen) atoms. The molecule has 1 unspecified atom stereocenters. The molecular weight excluding hydrogens is 292 g/mol. The number of hydrogen-bond donors (Lipinski definition) is 2. The largest absolute Gasteiger partial charge is 0.495 e. The number of carbonyl (C=O) groups excluding carboxylic acids is 1. The van der Waals surface area contributed by atoms with E-state index in [1.807, 2.05) is 18.2 Å². The van der Waals surface area contributed by atoms with Gasteiger partial charge in [-0.2, -0.15) is 0 Å². The summed E-state index contributed by atoms with van der Waals surface area (Å²) in [5.41, 5.74) is 5.24. The number of rotatable bonds is 5. The number of aliphatic hydroxyl groups is 1. The summed E-state index contributed by atoms with van der Waals surface area (Å²) in [4.78, 5) is 13.2. The average Bonchev–Trinajstić information content (AvgIpc) is 2.37. The van der Waals surface area contributed by atoms with Gasteiger partial charge < -0.3 is 15.6 Å². The molecule has 0 bridgehead atoms. The molecule has 1 amide bonds. The van der Waals surface area contributed by atoms with E-state index >= 15 is 0 Å². The number of hydrogen-bond acceptors (Lipinski definition) is 4. The molecule has 1 fully saturated rings. The lowest BCUT2D eigenvalue weighted by Gasteiger charge is -2.38. The Balaban J connectivity index is 2.02. The molecule has 116 valence electrons. The first-order valence-corrected chi connectivity index (χ1v) is 7.35. The lowest BCUT2D eigenvalue weighted by molar-refractivity contribution is -0.125. The number of halogens is 1. The summed E-state index contributed by atoms with van der Waals surface area (Å²) < 4.78 is 5.13. The van der Waals surface area contributed by atoms with Crippen LogP contribution in [-0.4, -0.2) is 41.7 Å². The van der Waals surface area contributed by atoms with E-state index in [4.69, 9.17) is 22.1 Å². The van der Waals surface area contributed by atoms with Crippen molar-refractivity contribution >= 4 is 17.5 Å². The summed E-state index contributed by atoms with van der Waals surface area (Å²) in [6.07, 6.45) is 1.45. The fraction of sp³-hybridized carbons (Fsp3) is 0.533. The summed E-state index contributed by atoms with van der Waals surface area (Å²) in [7, 11) is 1.58.